The van der Waals surface area contributed by atoms with E-state index in [0.29, 0.717) is 21.2 Å². The molecule has 0 saturated carbocycles. The van der Waals surface area contributed by atoms with Crippen LogP contribution in [0.25, 0.3) is 16.2 Å². The minimum Gasteiger partial charge on any atom is -0.768 e. The van der Waals surface area contributed by atoms with Crippen molar-refractivity contribution in [1.82, 2.24) is 14.6 Å². The number of nitrogens with zero attached hydrogens (tertiary/aromatic N) is 3. The first-order valence-electron chi connectivity index (χ1n) is 7.09. The Morgan fingerprint density at radius 3 is 2.71 bits per heavy atom. The molecular formula is C15H16N3O4S2-. The van der Waals surface area contributed by atoms with Gasteiger partial charge in [-0.05, 0) is 50.1 Å². The molecule has 0 bridgehead atoms. The molecule has 0 aliphatic carbocycles. The van der Waals surface area contributed by atoms with Crippen molar-refractivity contribution in [2.24, 2.45) is 0 Å². The van der Waals surface area contributed by atoms with E-state index >= 15 is 0 Å². The smallest absolute Gasteiger partial charge is 0.213 e. The van der Waals surface area contributed by atoms with Gasteiger partial charge in [0, 0.05) is 5.56 Å². The summed E-state index contributed by atoms with van der Waals surface area (Å²) >= 11 is -1.13. The number of imidazole rings is 1. The standard InChI is InChI=1S/C15H17N3O4S2/c1-8-12(9-5-6-10(22-4)11(7-9)24(20)21)18-14(16-8)23-13(17-18)15(2,3)19/h5-7,19H,1-4H3,(H,20,21)/p-1. The van der Waals surface area contributed by atoms with Gasteiger partial charge >= 0.3 is 0 Å². The Bertz CT molecular complexity index is 940. The number of ether oxygens (including phenoxy) is 1. The van der Waals surface area contributed by atoms with Crippen LogP contribution in [-0.2, 0) is 16.7 Å². The van der Waals surface area contributed by atoms with Crippen LogP contribution in [0.3, 0.4) is 0 Å². The number of aromatic nitrogens is 3. The zero-order chi connectivity index (χ0) is 17.6. The summed E-state index contributed by atoms with van der Waals surface area (Å²) in [5, 5.41) is 15.1. The molecule has 1 unspecified atom stereocenters. The first-order valence-corrected chi connectivity index (χ1v) is 8.98. The summed E-state index contributed by atoms with van der Waals surface area (Å²) in [7, 11) is 1.42. The molecule has 1 aromatic carbocycles. The van der Waals surface area contributed by atoms with Crippen molar-refractivity contribution in [2.75, 3.05) is 7.11 Å². The second kappa shape index (κ2) is 5.92. The van der Waals surface area contributed by atoms with E-state index in [2.05, 4.69) is 10.1 Å². The van der Waals surface area contributed by atoms with Gasteiger partial charge < -0.3 is 14.4 Å². The highest BCUT2D eigenvalue weighted by atomic mass is 32.2. The molecule has 0 fully saturated rings. The number of hydrogen-bond donors (Lipinski definition) is 1. The van der Waals surface area contributed by atoms with Crippen LogP contribution in [0.1, 0.15) is 24.5 Å². The highest BCUT2D eigenvalue weighted by Crippen LogP contribution is 2.33. The van der Waals surface area contributed by atoms with E-state index in [1.807, 2.05) is 6.92 Å². The number of methoxy groups -OCH3 is 1. The van der Waals surface area contributed by atoms with Crippen LogP contribution in [0.4, 0.5) is 0 Å². The Morgan fingerprint density at radius 2 is 2.12 bits per heavy atom. The third kappa shape index (κ3) is 2.84. The van der Waals surface area contributed by atoms with Gasteiger partial charge in [0.15, 0.2) is 0 Å². The number of fused-ring (bicyclic) bond motifs is 1. The maximum absolute atomic E-state index is 11.4. The summed E-state index contributed by atoms with van der Waals surface area (Å²) in [6, 6.07) is 4.89. The monoisotopic (exact) mass is 366 g/mol. The van der Waals surface area contributed by atoms with Gasteiger partial charge in [0.1, 0.15) is 16.4 Å². The van der Waals surface area contributed by atoms with E-state index in [0.717, 1.165) is 5.69 Å². The third-order valence-corrected chi connectivity index (χ3v) is 5.42. The van der Waals surface area contributed by atoms with Crippen LogP contribution in [-0.4, -0.2) is 35.6 Å². The van der Waals surface area contributed by atoms with E-state index in [1.54, 1.807) is 30.5 Å². The van der Waals surface area contributed by atoms with Crippen molar-refractivity contribution in [3.63, 3.8) is 0 Å². The second-order valence-corrected chi connectivity index (χ2v) is 7.67. The lowest BCUT2D eigenvalue weighted by molar-refractivity contribution is 0.0773. The normalized spacial score (nSPS) is 13.4. The number of benzene rings is 1. The molecule has 0 aliphatic heterocycles. The van der Waals surface area contributed by atoms with Gasteiger partial charge in [-0.1, -0.05) is 11.3 Å². The fraction of sp³-hybridized carbons (Fsp3) is 0.333. The molecular weight excluding hydrogens is 350 g/mol. The minimum atomic E-state index is -2.42. The van der Waals surface area contributed by atoms with E-state index in [9.17, 15) is 13.9 Å². The largest absolute Gasteiger partial charge is 0.768 e. The van der Waals surface area contributed by atoms with E-state index in [1.165, 1.54) is 24.5 Å². The van der Waals surface area contributed by atoms with Crippen molar-refractivity contribution >= 4 is 27.4 Å². The van der Waals surface area contributed by atoms with E-state index in [4.69, 9.17) is 4.74 Å². The maximum atomic E-state index is 11.4. The average Bonchev–Trinajstić information content (AvgIpc) is 3.02. The van der Waals surface area contributed by atoms with Crippen LogP contribution in [0.2, 0.25) is 0 Å². The summed E-state index contributed by atoms with van der Waals surface area (Å²) in [4.78, 5) is 5.17. The minimum absolute atomic E-state index is 0.0716. The predicted octanol–water partition coefficient (Wildman–Crippen LogP) is 2.24. The average molecular weight is 366 g/mol. The predicted molar refractivity (Wildman–Crippen MR) is 90.0 cm³/mol. The Morgan fingerprint density at radius 1 is 1.42 bits per heavy atom. The zero-order valence-corrected chi connectivity index (χ0v) is 15.2. The Kier molecular flexibility index (Phi) is 4.20. The number of aryl methyl sites for hydroxylation is 1. The van der Waals surface area contributed by atoms with Crippen LogP contribution < -0.4 is 4.74 Å². The summed E-state index contributed by atoms with van der Waals surface area (Å²) < 4.78 is 29.6. The van der Waals surface area contributed by atoms with Crippen molar-refractivity contribution < 1.29 is 18.6 Å². The zero-order valence-electron chi connectivity index (χ0n) is 13.6. The topological polar surface area (TPSA) is 99.8 Å². The molecule has 1 atom stereocenters. The van der Waals surface area contributed by atoms with Crippen molar-refractivity contribution in [1.29, 1.82) is 0 Å². The first kappa shape index (κ1) is 17.0. The van der Waals surface area contributed by atoms with Gasteiger partial charge in [0.25, 0.3) is 0 Å². The number of rotatable bonds is 4. The molecule has 2 heterocycles. The molecule has 128 valence electrons. The molecule has 24 heavy (non-hydrogen) atoms. The van der Waals surface area contributed by atoms with Crippen LogP contribution in [0, 0.1) is 6.92 Å². The molecule has 0 spiro atoms. The number of hydrogen-bond acceptors (Lipinski definition) is 7. The van der Waals surface area contributed by atoms with Crippen molar-refractivity contribution in [2.45, 2.75) is 31.3 Å². The summed E-state index contributed by atoms with van der Waals surface area (Å²) in [6.07, 6.45) is 0. The van der Waals surface area contributed by atoms with Crippen LogP contribution >= 0.6 is 11.3 Å². The molecule has 2 aromatic heterocycles. The maximum Gasteiger partial charge on any atom is 0.213 e. The van der Waals surface area contributed by atoms with Crippen LogP contribution in [0.5, 0.6) is 5.75 Å². The quantitative estimate of drug-likeness (QED) is 0.711. The molecule has 9 heteroatoms. The lowest BCUT2D eigenvalue weighted by Gasteiger charge is -2.13. The molecule has 0 aliphatic rings. The lowest BCUT2D eigenvalue weighted by atomic mass is 10.1. The molecule has 7 nitrogen and oxygen atoms in total. The van der Waals surface area contributed by atoms with Crippen molar-refractivity contribution in [3.8, 4) is 17.0 Å². The Hall–Kier alpha value is -1.81. The van der Waals surface area contributed by atoms with E-state index < -0.39 is 16.7 Å². The van der Waals surface area contributed by atoms with Gasteiger partial charge in [-0.2, -0.15) is 5.10 Å². The summed E-state index contributed by atoms with van der Waals surface area (Å²) in [5.74, 6) is 0.279. The first-order chi connectivity index (χ1) is 11.2. The summed E-state index contributed by atoms with van der Waals surface area (Å²) in [5.41, 5.74) is 1.00. The van der Waals surface area contributed by atoms with Gasteiger partial charge in [-0.15, -0.1) is 0 Å². The fourth-order valence-corrected chi connectivity index (χ4v) is 3.87. The Labute approximate surface area is 145 Å². The lowest BCUT2D eigenvalue weighted by Crippen LogP contribution is -2.15. The second-order valence-electron chi connectivity index (χ2n) is 5.81. The Balaban J connectivity index is 2.22. The summed E-state index contributed by atoms with van der Waals surface area (Å²) in [6.45, 7) is 5.15. The number of aliphatic hydroxyl groups is 1. The highest BCUT2D eigenvalue weighted by molar-refractivity contribution is 7.79. The SMILES string of the molecule is COc1ccc(-c2c(C)nc3sc(C(C)(C)O)nn23)cc1S(=O)[O-]. The highest BCUT2D eigenvalue weighted by Gasteiger charge is 2.24. The van der Waals surface area contributed by atoms with Gasteiger partial charge in [-0.25, -0.2) is 9.50 Å². The van der Waals surface area contributed by atoms with Gasteiger partial charge in [0.2, 0.25) is 4.96 Å². The third-order valence-electron chi connectivity index (χ3n) is 3.52. The molecule has 3 rings (SSSR count). The van der Waals surface area contributed by atoms with Crippen molar-refractivity contribution in [3.05, 3.63) is 28.9 Å². The van der Waals surface area contributed by atoms with Gasteiger partial charge in [-0.3, -0.25) is 4.21 Å². The molecule has 0 radical (unpaired) electrons. The molecule has 0 saturated heterocycles. The van der Waals surface area contributed by atoms with E-state index in [-0.39, 0.29) is 10.6 Å². The fourth-order valence-electron chi connectivity index (χ4n) is 2.38. The van der Waals surface area contributed by atoms with Gasteiger partial charge in [0.05, 0.1) is 23.4 Å². The molecule has 1 N–H and O–H groups in total. The van der Waals surface area contributed by atoms with Crippen LogP contribution in [0.15, 0.2) is 23.1 Å². The molecule has 0 amide bonds. The molecule has 3 aromatic rings.